The number of carbonyl (C=O) groups excluding carboxylic acids is 1. The number of nitrogens with zero attached hydrogens (tertiary/aromatic N) is 1. The number of hydrogen-bond acceptors (Lipinski definition) is 3. The molecule has 0 aromatic heterocycles. The van der Waals surface area contributed by atoms with Crippen molar-refractivity contribution in [1.82, 2.24) is 4.90 Å². The van der Waals surface area contributed by atoms with E-state index in [4.69, 9.17) is 9.47 Å². The molecule has 0 N–H and O–H groups in total. The maximum Gasteiger partial charge on any atom is 0.254 e. The van der Waals surface area contributed by atoms with Gasteiger partial charge in [0.1, 0.15) is 0 Å². The van der Waals surface area contributed by atoms with Crippen molar-refractivity contribution in [2.45, 2.75) is 19.4 Å². The van der Waals surface area contributed by atoms with Crippen LogP contribution in [0.25, 0.3) is 0 Å². The van der Waals surface area contributed by atoms with Gasteiger partial charge in [0.25, 0.3) is 5.91 Å². The predicted molar refractivity (Wildman–Crippen MR) is 89.1 cm³/mol. The summed E-state index contributed by atoms with van der Waals surface area (Å²) >= 11 is 0. The highest BCUT2D eigenvalue weighted by atomic mass is 16.5. The lowest BCUT2D eigenvalue weighted by molar-refractivity contribution is 0.0677. The second-order valence-corrected chi connectivity index (χ2v) is 5.70. The third kappa shape index (κ3) is 2.77. The van der Waals surface area contributed by atoms with Crippen molar-refractivity contribution in [3.05, 3.63) is 59.2 Å². The number of hydrogen-bond donors (Lipinski definition) is 0. The molecule has 4 heteroatoms. The lowest BCUT2D eigenvalue weighted by Gasteiger charge is -2.36. The van der Waals surface area contributed by atoms with Gasteiger partial charge in [0.15, 0.2) is 11.5 Å². The van der Waals surface area contributed by atoms with Crippen molar-refractivity contribution < 1.29 is 14.3 Å². The quantitative estimate of drug-likeness (QED) is 0.871. The van der Waals surface area contributed by atoms with E-state index in [2.05, 4.69) is 6.92 Å². The molecule has 0 bridgehead atoms. The Kier molecular flexibility index (Phi) is 4.24. The Morgan fingerprint density at radius 1 is 1.09 bits per heavy atom. The third-order valence-electron chi connectivity index (χ3n) is 4.47. The van der Waals surface area contributed by atoms with Gasteiger partial charge in [-0.05, 0) is 48.7 Å². The van der Waals surface area contributed by atoms with E-state index in [0.717, 1.165) is 23.3 Å². The minimum atomic E-state index is 0.00580. The first-order valence-corrected chi connectivity index (χ1v) is 7.76. The van der Waals surface area contributed by atoms with Gasteiger partial charge in [0, 0.05) is 12.1 Å². The molecule has 0 saturated heterocycles. The van der Waals surface area contributed by atoms with Crippen LogP contribution in [0.4, 0.5) is 0 Å². The van der Waals surface area contributed by atoms with Crippen LogP contribution in [0, 0.1) is 0 Å². The highest BCUT2D eigenvalue weighted by Crippen LogP contribution is 2.38. The Hall–Kier alpha value is -2.49. The van der Waals surface area contributed by atoms with Crippen LogP contribution in [0.3, 0.4) is 0 Å². The number of methoxy groups -OCH3 is 2. The molecule has 0 aliphatic carbocycles. The second-order valence-electron chi connectivity index (χ2n) is 5.70. The summed E-state index contributed by atoms with van der Waals surface area (Å²) < 4.78 is 10.8. The minimum Gasteiger partial charge on any atom is -0.493 e. The first kappa shape index (κ1) is 15.4. The number of ether oxygens (including phenoxy) is 2. The zero-order valence-electron chi connectivity index (χ0n) is 13.7. The van der Waals surface area contributed by atoms with Crippen molar-refractivity contribution in [3.8, 4) is 11.5 Å². The van der Waals surface area contributed by atoms with E-state index in [-0.39, 0.29) is 11.9 Å². The normalized spacial score (nSPS) is 16.7. The van der Waals surface area contributed by atoms with Gasteiger partial charge in [-0.3, -0.25) is 4.79 Å². The molecule has 0 spiro atoms. The molecule has 1 amide bonds. The molecule has 3 rings (SSSR count). The van der Waals surface area contributed by atoms with Crippen LogP contribution in [0.15, 0.2) is 42.5 Å². The Morgan fingerprint density at radius 3 is 2.39 bits per heavy atom. The van der Waals surface area contributed by atoms with Gasteiger partial charge in [-0.1, -0.05) is 18.2 Å². The van der Waals surface area contributed by atoms with Crippen LogP contribution in [0.1, 0.15) is 34.5 Å². The topological polar surface area (TPSA) is 38.8 Å². The lowest BCUT2D eigenvalue weighted by Crippen LogP contribution is -2.38. The average molecular weight is 311 g/mol. The lowest BCUT2D eigenvalue weighted by atomic mass is 9.92. The Morgan fingerprint density at radius 2 is 1.74 bits per heavy atom. The standard InChI is InChI=1S/C19H21NO3/c1-13-16-12-18(23-3)17(22-2)11-15(16)9-10-20(13)19(21)14-7-5-4-6-8-14/h4-8,11-13H,9-10H2,1-3H3/t13-/m1/s1. The Labute approximate surface area is 136 Å². The summed E-state index contributed by atoms with van der Waals surface area (Å²) in [5.74, 6) is 1.51. The first-order chi connectivity index (χ1) is 11.2. The van der Waals surface area contributed by atoms with Gasteiger partial charge < -0.3 is 14.4 Å². The van der Waals surface area contributed by atoms with E-state index in [1.165, 1.54) is 5.56 Å². The molecule has 120 valence electrons. The molecule has 0 saturated carbocycles. The number of rotatable bonds is 3. The fraction of sp³-hybridized carbons (Fsp3) is 0.316. The summed E-state index contributed by atoms with van der Waals surface area (Å²) in [5, 5.41) is 0. The summed E-state index contributed by atoms with van der Waals surface area (Å²) in [7, 11) is 3.27. The van der Waals surface area contributed by atoms with Crippen molar-refractivity contribution in [2.24, 2.45) is 0 Å². The molecule has 23 heavy (non-hydrogen) atoms. The maximum atomic E-state index is 12.8. The van der Waals surface area contributed by atoms with Crippen molar-refractivity contribution in [1.29, 1.82) is 0 Å². The second kappa shape index (κ2) is 6.32. The summed E-state index contributed by atoms with van der Waals surface area (Å²) in [6.45, 7) is 2.77. The van der Waals surface area contributed by atoms with Gasteiger partial charge in [-0.2, -0.15) is 0 Å². The summed E-state index contributed by atoms with van der Waals surface area (Å²) in [5.41, 5.74) is 3.06. The van der Waals surface area contributed by atoms with Crippen LogP contribution >= 0.6 is 0 Å². The largest absolute Gasteiger partial charge is 0.493 e. The molecule has 4 nitrogen and oxygen atoms in total. The van der Waals surface area contributed by atoms with Gasteiger partial charge >= 0.3 is 0 Å². The summed E-state index contributed by atoms with van der Waals surface area (Å²) in [4.78, 5) is 14.7. The number of benzene rings is 2. The predicted octanol–water partition coefficient (Wildman–Crippen LogP) is 3.46. The molecular formula is C19H21NO3. The van der Waals surface area contributed by atoms with Crippen LogP contribution < -0.4 is 9.47 Å². The van der Waals surface area contributed by atoms with Gasteiger partial charge in [-0.15, -0.1) is 0 Å². The maximum absolute atomic E-state index is 12.8. The monoisotopic (exact) mass is 311 g/mol. The van der Waals surface area contributed by atoms with E-state index in [1.807, 2.05) is 47.4 Å². The Bertz CT molecular complexity index is 712. The van der Waals surface area contributed by atoms with E-state index < -0.39 is 0 Å². The zero-order chi connectivity index (χ0) is 16.4. The van der Waals surface area contributed by atoms with Crippen LogP contribution in [-0.2, 0) is 6.42 Å². The zero-order valence-corrected chi connectivity index (χ0v) is 13.7. The average Bonchev–Trinajstić information content (AvgIpc) is 2.61. The highest BCUT2D eigenvalue weighted by Gasteiger charge is 2.29. The smallest absolute Gasteiger partial charge is 0.254 e. The van der Waals surface area contributed by atoms with E-state index in [1.54, 1.807) is 14.2 Å². The number of amides is 1. The molecule has 2 aromatic carbocycles. The molecule has 0 unspecified atom stereocenters. The minimum absolute atomic E-state index is 0.00580. The van der Waals surface area contributed by atoms with Crippen molar-refractivity contribution in [2.75, 3.05) is 20.8 Å². The van der Waals surface area contributed by atoms with Gasteiger partial charge in [-0.25, -0.2) is 0 Å². The van der Waals surface area contributed by atoms with E-state index in [9.17, 15) is 4.79 Å². The SMILES string of the molecule is COc1cc2c(cc1OC)[C@@H](C)N(C(=O)c1ccccc1)CC2. The fourth-order valence-electron chi connectivity index (χ4n) is 3.17. The molecule has 0 fully saturated rings. The molecule has 2 aromatic rings. The molecule has 0 radical (unpaired) electrons. The molecule has 1 aliphatic rings. The molecule has 1 atom stereocenters. The van der Waals surface area contributed by atoms with Crippen LogP contribution in [0.2, 0.25) is 0 Å². The first-order valence-electron chi connectivity index (χ1n) is 7.76. The van der Waals surface area contributed by atoms with Crippen molar-refractivity contribution >= 4 is 5.91 Å². The van der Waals surface area contributed by atoms with Gasteiger partial charge in [0.05, 0.1) is 20.3 Å². The van der Waals surface area contributed by atoms with Crippen molar-refractivity contribution in [3.63, 3.8) is 0 Å². The number of carbonyl (C=O) groups is 1. The molecule has 1 aliphatic heterocycles. The summed E-state index contributed by atoms with van der Waals surface area (Å²) in [6, 6.07) is 13.4. The van der Waals surface area contributed by atoms with E-state index >= 15 is 0 Å². The van der Waals surface area contributed by atoms with E-state index in [0.29, 0.717) is 12.3 Å². The third-order valence-corrected chi connectivity index (χ3v) is 4.47. The number of fused-ring (bicyclic) bond motifs is 1. The molecule has 1 heterocycles. The van der Waals surface area contributed by atoms with Crippen LogP contribution in [0.5, 0.6) is 11.5 Å². The Balaban J connectivity index is 1.94. The highest BCUT2D eigenvalue weighted by molar-refractivity contribution is 5.94. The van der Waals surface area contributed by atoms with Crippen LogP contribution in [-0.4, -0.2) is 31.6 Å². The van der Waals surface area contributed by atoms with Gasteiger partial charge in [0.2, 0.25) is 0 Å². The molecular weight excluding hydrogens is 290 g/mol. The summed E-state index contributed by atoms with van der Waals surface area (Å²) in [6.07, 6.45) is 0.818. The fourth-order valence-corrected chi connectivity index (χ4v) is 3.17.